The van der Waals surface area contributed by atoms with Gasteiger partial charge in [-0.25, -0.2) is 0 Å². The van der Waals surface area contributed by atoms with Gasteiger partial charge in [-0.3, -0.25) is 4.79 Å². The van der Waals surface area contributed by atoms with Gasteiger partial charge in [0.1, 0.15) is 0 Å². The van der Waals surface area contributed by atoms with E-state index in [1.54, 1.807) is 0 Å². The first-order valence-corrected chi connectivity index (χ1v) is 6.16. The molecule has 0 spiro atoms. The smallest absolute Gasteiger partial charge is 0.152 e. The van der Waals surface area contributed by atoms with E-state index < -0.39 is 0 Å². The van der Waals surface area contributed by atoms with Crippen molar-refractivity contribution in [2.45, 2.75) is 19.8 Å². The number of benzene rings is 1. The highest BCUT2D eigenvalue weighted by molar-refractivity contribution is 5.85. The maximum Gasteiger partial charge on any atom is 0.152 e. The molecule has 1 aromatic rings. The average molecular weight is 233 g/mol. The second kappa shape index (κ2) is 5.32. The van der Waals surface area contributed by atoms with Gasteiger partial charge in [-0.2, -0.15) is 0 Å². The van der Waals surface area contributed by atoms with E-state index in [-0.39, 0.29) is 6.61 Å². The number of carbonyl (C=O) groups is 1. The van der Waals surface area contributed by atoms with Crippen molar-refractivity contribution in [1.82, 2.24) is 0 Å². The Labute approximate surface area is 102 Å². The average Bonchev–Trinajstić information content (AvgIpc) is 2.78. The molecule has 0 aromatic heterocycles. The predicted molar refractivity (Wildman–Crippen MR) is 68.6 cm³/mol. The summed E-state index contributed by atoms with van der Waals surface area (Å²) in [6.07, 6.45) is 2.90. The van der Waals surface area contributed by atoms with E-state index in [4.69, 9.17) is 5.11 Å². The van der Waals surface area contributed by atoms with Gasteiger partial charge in [-0.15, -0.1) is 0 Å². The molecule has 0 bridgehead atoms. The van der Waals surface area contributed by atoms with Crippen LogP contribution in [0.2, 0.25) is 0 Å². The summed E-state index contributed by atoms with van der Waals surface area (Å²) >= 11 is 0. The van der Waals surface area contributed by atoms with Gasteiger partial charge in [0.05, 0.1) is 0 Å². The van der Waals surface area contributed by atoms with Gasteiger partial charge >= 0.3 is 0 Å². The Kier molecular flexibility index (Phi) is 3.79. The lowest BCUT2D eigenvalue weighted by atomic mass is 10.1. The van der Waals surface area contributed by atoms with Crippen LogP contribution in [0.3, 0.4) is 0 Å². The Balaban J connectivity index is 2.15. The largest absolute Gasteiger partial charge is 0.396 e. The third-order valence-electron chi connectivity index (χ3n) is 3.47. The van der Waals surface area contributed by atoms with Gasteiger partial charge in [0, 0.05) is 30.9 Å². The molecule has 3 heteroatoms. The lowest BCUT2D eigenvalue weighted by Crippen LogP contribution is -2.21. The topological polar surface area (TPSA) is 40.5 Å². The van der Waals surface area contributed by atoms with Crippen LogP contribution in [0.15, 0.2) is 18.2 Å². The second-order valence-corrected chi connectivity index (χ2v) is 4.79. The van der Waals surface area contributed by atoms with E-state index in [0.29, 0.717) is 5.92 Å². The van der Waals surface area contributed by atoms with Gasteiger partial charge in [-0.1, -0.05) is 11.6 Å². The van der Waals surface area contributed by atoms with Crippen LogP contribution >= 0.6 is 0 Å². The van der Waals surface area contributed by atoms with Gasteiger partial charge in [0.15, 0.2) is 6.29 Å². The Morgan fingerprint density at radius 2 is 2.35 bits per heavy atom. The molecule has 0 radical (unpaired) electrons. The number of rotatable bonds is 4. The van der Waals surface area contributed by atoms with Gasteiger partial charge in [-0.05, 0) is 37.8 Å². The zero-order valence-corrected chi connectivity index (χ0v) is 10.2. The molecule has 1 aliphatic heterocycles. The molecular formula is C14H19NO2. The minimum absolute atomic E-state index is 0.257. The summed E-state index contributed by atoms with van der Waals surface area (Å²) in [6.45, 7) is 4.18. The van der Waals surface area contributed by atoms with Gasteiger partial charge in [0.2, 0.25) is 0 Å². The van der Waals surface area contributed by atoms with Crippen molar-refractivity contribution in [3.8, 4) is 0 Å². The summed E-state index contributed by atoms with van der Waals surface area (Å²) in [5.41, 5.74) is 2.92. The predicted octanol–water partition coefficient (Wildman–Crippen LogP) is 2.02. The second-order valence-electron chi connectivity index (χ2n) is 4.79. The molecule has 1 heterocycles. The summed E-state index contributed by atoms with van der Waals surface area (Å²) < 4.78 is 0. The van der Waals surface area contributed by atoms with E-state index in [9.17, 15) is 4.79 Å². The fourth-order valence-electron chi connectivity index (χ4n) is 2.53. The highest BCUT2D eigenvalue weighted by atomic mass is 16.3. The quantitative estimate of drug-likeness (QED) is 0.809. The van der Waals surface area contributed by atoms with Crippen LogP contribution in [-0.4, -0.2) is 31.1 Å². The Bertz CT molecular complexity index is 403. The zero-order valence-electron chi connectivity index (χ0n) is 10.2. The van der Waals surface area contributed by atoms with Crippen LogP contribution < -0.4 is 4.90 Å². The molecular weight excluding hydrogens is 214 g/mol. The monoisotopic (exact) mass is 233 g/mol. The summed E-state index contributed by atoms with van der Waals surface area (Å²) in [5.74, 6) is 0.556. The molecule has 0 amide bonds. The van der Waals surface area contributed by atoms with E-state index in [1.807, 2.05) is 25.1 Å². The molecule has 3 nitrogen and oxygen atoms in total. The summed E-state index contributed by atoms with van der Waals surface area (Å²) in [5, 5.41) is 8.95. The van der Waals surface area contributed by atoms with Crippen LogP contribution in [0.1, 0.15) is 28.8 Å². The molecule has 1 saturated heterocycles. The van der Waals surface area contributed by atoms with Crippen LogP contribution in [0.5, 0.6) is 0 Å². The number of hydrogen-bond acceptors (Lipinski definition) is 3. The number of aliphatic hydroxyl groups excluding tert-OH is 1. The molecule has 92 valence electrons. The SMILES string of the molecule is Cc1ccc(N2CCC(CCO)C2)c(C=O)c1. The van der Waals surface area contributed by atoms with E-state index in [1.165, 1.54) is 0 Å². The maximum atomic E-state index is 11.1. The molecule has 1 aliphatic rings. The number of aryl methyl sites for hydroxylation is 1. The first-order valence-electron chi connectivity index (χ1n) is 6.16. The normalized spacial score (nSPS) is 19.6. The van der Waals surface area contributed by atoms with Gasteiger partial charge in [0.25, 0.3) is 0 Å². The Morgan fingerprint density at radius 1 is 1.53 bits per heavy atom. The highest BCUT2D eigenvalue weighted by Gasteiger charge is 2.23. The van der Waals surface area contributed by atoms with E-state index in [0.717, 1.165) is 49.0 Å². The number of nitrogens with zero attached hydrogens (tertiary/aromatic N) is 1. The molecule has 1 N–H and O–H groups in total. The van der Waals surface area contributed by atoms with Crippen LogP contribution in [-0.2, 0) is 0 Å². The fraction of sp³-hybridized carbons (Fsp3) is 0.500. The Hall–Kier alpha value is -1.35. The molecule has 1 fully saturated rings. The minimum Gasteiger partial charge on any atom is -0.396 e. The highest BCUT2D eigenvalue weighted by Crippen LogP contribution is 2.28. The van der Waals surface area contributed by atoms with Crippen molar-refractivity contribution in [3.63, 3.8) is 0 Å². The van der Waals surface area contributed by atoms with Crippen molar-refractivity contribution < 1.29 is 9.90 Å². The number of aliphatic hydroxyl groups is 1. The molecule has 1 aromatic carbocycles. The lowest BCUT2D eigenvalue weighted by Gasteiger charge is -2.20. The molecule has 0 aliphatic carbocycles. The third kappa shape index (κ3) is 2.67. The fourth-order valence-corrected chi connectivity index (χ4v) is 2.53. The molecule has 1 unspecified atom stereocenters. The van der Waals surface area contributed by atoms with Crippen molar-refractivity contribution in [1.29, 1.82) is 0 Å². The number of aldehydes is 1. The number of carbonyl (C=O) groups excluding carboxylic acids is 1. The van der Waals surface area contributed by atoms with Crippen molar-refractivity contribution in [2.24, 2.45) is 5.92 Å². The summed E-state index contributed by atoms with van der Waals surface area (Å²) in [6, 6.07) is 6.00. The zero-order chi connectivity index (χ0) is 12.3. The standard InChI is InChI=1S/C14H19NO2/c1-11-2-3-14(13(8-11)10-17)15-6-4-12(9-15)5-7-16/h2-3,8,10,12,16H,4-7,9H2,1H3. The molecule has 17 heavy (non-hydrogen) atoms. The molecule has 0 saturated carbocycles. The van der Waals surface area contributed by atoms with E-state index >= 15 is 0 Å². The minimum atomic E-state index is 0.257. The summed E-state index contributed by atoms with van der Waals surface area (Å²) in [7, 11) is 0. The summed E-state index contributed by atoms with van der Waals surface area (Å²) in [4.78, 5) is 13.3. The maximum absolute atomic E-state index is 11.1. The molecule has 1 atom stereocenters. The van der Waals surface area contributed by atoms with Crippen LogP contribution in [0, 0.1) is 12.8 Å². The Morgan fingerprint density at radius 3 is 3.06 bits per heavy atom. The number of anilines is 1. The van der Waals surface area contributed by atoms with Gasteiger partial charge < -0.3 is 10.0 Å². The van der Waals surface area contributed by atoms with Crippen LogP contribution in [0.4, 0.5) is 5.69 Å². The first-order chi connectivity index (χ1) is 8.24. The lowest BCUT2D eigenvalue weighted by molar-refractivity contribution is 0.112. The van der Waals surface area contributed by atoms with Crippen molar-refractivity contribution in [2.75, 3.05) is 24.6 Å². The first kappa shape index (κ1) is 12.1. The van der Waals surface area contributed by atoms with Crippen molar-refractivity contribution in [3.05, 3.63) is 29.3 Å². The van der Waals surface area contributed by atoms with Crippen LogP contribution in [0.25, 0.3) is 0 Å². The van der Waals surface area contributed by atoms with E-state index in [2.05, 4.69) is 4.90 Å². The number of hydrogen-bond donors (Lipinski definition) is 1. The third-order valence-corrected chi connectivity index (χ3v) is 3.47. The molecule has 2 rings (SSSR count). The van der Waals surface area contributed by atoms with Crippen molar-refractivity contribution >= 4 is 12.0 Å².